The molecule has 0 spiro atoms. The smallest absolute Gasteiger partial charge is 0.258 e. The van der Waals surface area contributed by atoms with Crippen molar-refractivity contribution < 1.29 is 14.3 Å². The molecular formula is C29H31ClN5O2+. The zero-order chi connectivity index (χ0) is 25.9. The molecule has 0 atom stereocenters. The maximum Gasteiger partial charge on any atom is 0.258 e. The Balaban J connectivity index is 1.24. The Labute approximate surface area is 221 Å². The van der Waals surface area contributed by atoms with E-state index in [2.05, 4.69) is 24.3 Å². The molecular weight excluding hydrogens is 486 g/mol. The Morgan fingerprint density at radius 3 is 2.57 bits per heavy atom. The SMILES string of the molecule is N/C=[N+](\N)c1ccc(Cl)cc1-c1ccc(Cc2cccc(C3CCN(C(=O)C4CC(=O)C4)CC3)c2)nc1. The van der Waals surface area contributed by atoms with Gasteiger partial charge in [-0.2, -0.15) is 0 Å². The highest BCUT2D eigenvalue weighted by molar-refractivity contribution is 6.31. The Morgan fingerprint density at radius 2 is 1.89 bits per heavy atom. The van der Waals surface area contributed by atoms with Gasteiger partial charge in [0.15, 0.2) is 5.69 Å². The average Bonchev–Trinajstić information content (AvgIpc) is 2.91. The summed E-state index contributed by atoms with van der Waals surface area (Å²) < 4.78 is 1.36. The van der Waals surface area contributed by atoms with Crippen molar-refractivity contribution in [2.45, 2.75) is 38.0 Å². The van der Waals surface area contributed by atoms with Gasteiger partial charge in [-0.05, 0) is 54.2 Å². The number of likely N-dealkylation sites (tertiary alicyclic amines) is 1. The third-order valence-corrected chi connectivity index (χ3v) is 7.68. The van der Waals surface area contributed by atoms with Gasteiger partial charge in [0.2, 0.25) is 5.91 Å². The second kappa shape index (κ2) is 10.7. The monoisotopic (exact) mass is 516 g/mol. The van der Waals surface area contributed by atoms with E-state index in [1.807, 2.05) is 35.4 Å². The first-order valence-corrected chi connectivity index (χ1v) is 13.0. The summed E-state index contributed by atoms with van der Waals surface area (Å²) in [5.41, 5.74) is 11.6. The van der Waals surface area contributed by atoms with Crippen LogP contribution >= 0.6 is 11.6 Å². The Kier molecular flexibility index (Phi) is 7.24. The number of aromatic nitrogens is 1. The van der Waals surface area contributed by atoms with Gasteiger partial charge in [-0.25, -0.2) is 0 Å². The molecule has 0 bridgehead atoms. The maximum atomic E-state index is 12.6. The average molecular weight is 517 g/mol. The topological polar surface area (TPSA) is 105 Å². The summed E-state index contributed by atoms with van der Waals surface area (Å²) in [6.45, 7) is 1.52. The molecule has 2 fully saturated rings. The molecule has 1 amide bonds. The van der Waals surface area contributed by atoms with Crippen LogP contribution in [0.3, 0.4) is 0 Å². The van der Waals surface area contributed by atoms with Gasteiger partial charge < -0.3 is 4.90 Å². The molecule has 0 radical (unpaired) electrons. The van der Waals surface area contributed by atoms with Crippen LogP contribution in [0.25, 0.3) is 11.1 Å². The molecule has 190 valence electrons. The number of benzene rings is 2. The number of nitrogens with two attached hydrogens (primary N) is 2. The maximum absolute atomic E-state index is 12.6. The number of nitrogens with zero attached hydrogens (tertiary/aromatic N) is 3. The van der Waals surface area contributed by atoms with Crippen molar-refractivity contribution >= 4 is 35.3 Å². The number of hydrogen-bond donors (Lipinski definition) is 2. The molecule has 0 unspecified atom stereocenters. The summed E-state index contributed by atoms with van der Waals surface area (Å²) in [5, 5.41) is 0.610. The Morgan fingerprint density at radius 1 is 1.11 bits per heavy atom. The first-order chi connectivity index (χ1) is 17.9. The van der Waals surface area contributed by atoms with E-state index in [-0.39, 0.29) is 17.6 Å². The number of hydrogen-bond acceptors (Lipinski definition) is 4. The molecule has 1 aliphatic carbocycles. The third kappa shape index (κ3) is 5.52. The zero-order valence-electron chi connectivity index (χ0n) is 20.6. The van der Waals surface area contributed by atoms with Gasteiger partial charge in [0.1, 0.15) is 5.78 Å². The summed E-state index contributed by atoms with van der Waals surface area (Å²) in [6, 6.07) is 18.2. The van der Waals surface area contributed by atoms with E-state index < -0.39 is 0 Å². The second-order valence-corrected chi connectivity index (χ2v) is 10.4. The molecule has 1 aromatic heterocycles. The number of carbonyl (C=O) groups is 2. The van der Waals surface area contributed by atoms with Crippen LogP contribution in [0.2, 0.25) is 5.02 Å². The van der Waals surface area contributed by atoms with Gasteiger partial charge in [0, 0.05) is 60.4 Å². The summed E-state index contributed by atoms with van der Waals surface area (Å²) >= 11 is 6.23. The minimum absolute atomic E-state index is 0.0787. The van der Waals surface area contributed by atoms with Crippen LogP contribution in [-0.2, 0) is 16.0 Å². The van der Waals surface area contributed by atoms with Crippen molar-refractivity contribution in [1.82, 2.24) is 9.88 Å². The highest BCUT2D eigenvalue weighted by atomic mass is 35.5. The van der Waals surface area contributed by atoms with E-state index >= 15 is 0 Å². The van der Waals surface area contributed by atoms with Crippen molar-refractivity contribution in [2.75, 3.05) is 13.1 Å². The lowest BCUT2D eigenvalue weighted by Crippen LogP contribution is -2.45. The van der Waals surface area contributed by atoms with Crippen molar-refractivity contribution in [3.63, 3.8) is 0 Å². The lowest BCUT2D eigenvalue weighted by molar-refractivity contribution is -0.447. The molecule has 1 saturated heterocycles. The number of ketones is 1. The number of hydrazine groups is 1. The molecule has 3 aromatic rings. The van der Waals surface area contributed by atoms with Crippen molar-refractivity contribution in [1.29, 1.82) is 0 Å². The van der Waals surface area contributed by atoms with E-state index in [0.717, 1.165) is 54.9 Å². The molecule has 5 rings (SSSR count). The van der Waals surface area contributed by atoms with Gasteiger partial charge in [-0.15, -0.1) is 4.68 Å². The Hall–Kier alpha value is -3.71. The fraction of sp³-hybridized carbons (Fsp3) is 0.310. The van der Waals surface area contributed by atoms with Crippen LogP contribution in [0.5, 0.6) is 0 Å². The van der Waals surface area contributed by atoms with E-state index in [9.17, 15) is 9.59 Å². The van der Waals surface area contributed by atoms with Crippen LogP contribution in [0, 0.1) is 5.92 Å². The van der Waals surface area contributed by atoms with Crippen LogP contribution in [0.15, 0.2) is 60.8 Å². The number of hydrazone groups is 1. The molecule has 2 aliphatic rings. The first-order valence-electron chi connectivity index (χ1n) is 12.6. The van der Waals surface area contributed by atoms with Gasteiger partial charge in [-0.3, -0.25) is 26.1 Å². The largest absolute Gasteiger partial charge is 0.342 e. The second-order valence-electron chi connectivity index (χ2n) is 9.92. The van der Waals surface area contributed by atoms with Crippen molar-refractivity contribution in [3.8, 4) is 11.1 Å². The van der Waals surface area contributed by atoms with E-state index in [1.54, 1.807) is 6.07 Å². The number of pyridine rings is 1. The van der Waals surface area contributed by atoms with Gasteiger partial charge in [-0.1, -0.05) is 41.9 Å². The number of rotatable bonds is 6. The van der Waals surface area contributed by atoms with Crippen LogP contribution in [0.1, 0.15) is 48.4 Å². The number of carbonyl (C=O) groups excluding carboxylic acids is 2. The van der Waals surface area contributed by atoms with E-state index in [4.69, 9.17) is 28.2 Å². The molecule has 1 saturated carbocycles. The molecule has 8 heteroatoms. The number of Topliss-reactive ketones (excluding diaryl/α,β-unsaturated/α-hetero) is 1. The fourth-order valence-electron chi connectivity index (χ4n) is 5.26. The molecule has 37 heavy (non-hydrogen) atoms. The van der Waals surface area contributed by atoms with Crippen molar-refractivity contribution in [2.24, 2.45) is 17.5 Å². The van der Waals surface area contributed by atoms with Crippen molar-refractivity contribution in [3.05, 3.63) is 82.6 Å². The van der Waals surface area contributed by atoms with Crippen LogP contribution < -0.4 is 11.6 Å². The van der Waals surface area contributed by atoms with Crippen LogP contribution in [-0.4, -0.2) is 45.7 Å². The van der Waals surface area contributed by atoms with Gasteiger partial charge >= 0.3 is 0 Å². The predicted octanol–water partition coefficient (Wildman–Crippen LogP) is 4.18. The van der Waals surface area contributed by atoms with Gasteiger partial charge in [0.05, 0.1) is 5.92 Å². The van der Waals surface area contributed by atoms with E-state index in [1.165, 1.54) is 22.1 Å². The molecule has 1 aliphatic heterocycles. The molecule has 2 aromatic carbocycles. The summed E-state index contributed by atoms with van der Waals surface area (Å²) in [4.78, 5) is 30.5. The summed E-state index contributed by atoms with van der Waals surface area (Å²) in [5.74, 6) is 6.71. The predicted molar refractivity (Wildman–Crippen MR) is 145 cm³/mol. The summed E-state index contributed by atoms with van der Waals surface area (Å²) in [6.07, 6.45) is 6.61. The normalized spacial score (nSPS) is 17.1. The minimum atomic E-state index is -0.0787. The fourth-order valence-corrected chi connectivity index (χ4v) is 5.43. The summed E-state index contributed by atoms with van der Waals surface area (Å²) in [7, 11) is 0. The molecule has 7 nitrogen and oxygen atoms in total. The minimum Gasteiger partial charge on any atom is -0.342 e. The van der Waals surface area contributed by atoms with Gasteiger partial charge in [0.25, 0.3) is 6.34 Å². The van der Waals surface area contributed by atoms with Crippen LogP contribution in [0.4, 0.5) is 5.69 Å². The zero-order valence-corrected chi connectivity index (χ0v) is 21.4. The lowest BCUT2D eigenvalue weighted by atomic mass is 9.81. The number of piperidine rings is 1. The third-order valence-electron chi connectivity index (χ3n) is 7.44. The van der Waals surface area contributed by atoms with E-state index in [0.29, 0.717) is 23.8 Å². The number of amides is 1. The quantitative estimate of drug-likeness (QED) is 0.168. The Bertz CT molecular complexity index is 1340. The molecule has 2 heterocycles. The lowest BCUT2D eigenvalue weighted by Gasteiger charge is -2.36. The molecule has 4 N–H and O–H groups in total. The number of halogens is 1. The standard InChI is InChI=1S/C29H30ClN5O2/c30-24-5-7-28(35(32)18-31)27(16-24)22-4-6-25(33-17-22)13-19-2-1-3-21(12-19)20-8-10-34(11-9-20)29(37)23-14-26(36)15-23/h1-7,12,16-18,20,23,31H,8-11,13-15,32H2/p+1. The highest BCUT2D eigenvalue weighted by Crippen LogP contribution is 2.33. The first kappa shape index (κ1) is 25.0. The highest BCUT2D eigenvalue weighted by Gasteiger charge is 2.36.